The molecular formula is C20H30F2N6O2S. The third-order valence-corrected chi connectivity index (χ3v) is 7.57. The van der Waals surface area contributed by atoms with Gasteiger partial charge in [-0.3, -0.25) is 0 Å². The first-order chi connectivity index (χ1) is 14.4. The average Bonchev–Trinajstić information content (AvgIpc) is 2.99. The second-order valence-electron chi connectivity index (χ2n) is 9.36. The van der Waals surface area contributed by atoms with Crippen molar-refractivity contribution in [1.82, 2.24) is 24.2 Å². The Kier molecular flexibility index (Phi) is 5.72. The molecule has 0 spiro atoms. The zero-order chi connectivity index (χ0) is 22.6. The predicted molar refractivity (Wildman–Crippen MR) is 116 cm³/mol. The molecule has 2 aliphatic rings. The van der Waals surface area contributed by atoms with Crippen LogP contribution in [0.15, 0.2) is 12.3 Å². The molecule has 172 valence electrons. The summed E-state index contributed by atoms with van der Waals surface area (Å²) in [4.78, 5) is 8.92. The number of alkyl halides is 2. The molecule has 4 atom stereocenters. The Hall–Kier alpha value is -1.85. The van der Waals surface area contributed by atoms with E-state index in [0.717, 1.165) is 21.6 Å². The van der Waals surface area contributed by atoms with Crippen LogP contribution in [-0.2, 0) is 10.0 Å². The van der Waals surface area contributed by atoms with E-state index in [1.54, 1.807) is 6.20 Å². The molecule has 2 aromatic heterocycles. The number of nitrogens with zero attached hydrogens (tertiary/aromatic N) is 4. The number of nitrogens with one attached hydrogen (secondary N) is 2. The van der Waals surface area contributed by atoms with E-state index >= 15 is 0 Å². The molecule has 0 saturated carbocycles. The topological polar surface area (TPSA) is 92.2 Å². The number of fused-ring (bicyclic) bond motifs is 1. The predicted octanol–water partition coefficient (Wildman–Crippen LogP) is 2.17. The van der Waals surface area contributed by atoms with Crippen molar-refractivity contribution in [2.45, 2.75) is 63.6 Å². The van der Waals surface area contributed by atoms with Crippen LogP contribution < -0.4 is 10.6 Å². The minimum atomic E-state index is -3.42. The van der Waals surface area contributed by atoms with Crippen molar-refractivity contribution >= 4 is 27.0 Å². The second kappa shape index (κ2) is 7.93. The van der Waals surface area contributed by atoms with E-state index in [1.165, 1.54) is 0 Å². The van der Waals surface area contributed by atoms with Crippen LogP contribution in [-0.4, -0.2) is 77.1 Å². The number of hydrogen-bond donors (Lipinski definition) is 2. The zero-order valence-corrected chi connectivity index (χ0v) is 19.1. The van der Waals surface area contributed by atoms with Crippen molar-refractivity contribution < 1.29 is 17.2 Å². The molecule has 0 aliphatic carbocycles. The van der Waals surface area contributed by atoms with Gasteiger partial charge >= 0.3 is 0 Å². The highest BCUT2D eigenvalue weighted by molar-refractivity contribution is 7.88. The van der Waals surface area contributed by atoms with E-state index in [9.17, 15) is 17.2 Å². The standard InChI is InChI=1S/C20H30F2N6O2S/c1-12-7-13-9-23-19(25-16-5-6-27(11-15(16)22)31(4,29)30)26-18(13)28(12)17-8-20(2,3)24-10-14(17)21/h7,9,14-17,24H,5-6,8,10-11H2,1-4H3,(H,23,25,26)/t14-,15-,16-,17+/m1/s1. The lowest BCUT2D eigenvalue weighted by Gasteiger charge is -2.40. The molecule has 2 N–H and O–H groups in total. The summed E-state index contributed by atoms with van der Waals surface area (Å²) >= 11 is 0. The maximum Gasteiger partial charge on any atom is 0.224 e. The molecular weight excluding hydrogens is 426 g/mol. The number of piperidine rings is 2. The molecule has 0 amide bonds. The normalized spacial score (nSPS) is 29.9. The molecule has 0 unspecified atom stereocenters. The van der Waals surface area contributed by atoms with Crippen molar-refractivity contribution in [3.63, 3.8) is 0 Å². The highest BCUT2D eigenvalue weighted by Crippen LogP contribution is 2.34. The molecule has 0 aromatic carbocycles. The molecule has 4 heterocycles. The lowest BCUT2D eigenvalue weighted by atomic mass is 9.88. The van der Waals surface area contributed by atoms with Crippen molar-refractivity contribution in [2.24, 2.45) is 0 Å². The monoisotopic (exact) mass is 456 g/mol. The fourth-order valence-corrected chi connectivity index (χ4v) is 5.47. The minimum Gasteiger partial charge on any atom is -0.348 e. The lowest BCUT2D eigenvalue weighted by Crippen LogP contribution is -2.52. The van der Waals surface area contributed by atoms with E-state index in [0.29, 0.717) is 18.5 Å². The maximum atomic E-state index is 14.9. The van der Waals surface area contributed by atoms with E-state index in [1.807, 2.05) is 17.6 Å². The maximum absolute atomic E-state index is 14.9. The smallest absolute Gasteiger partial charge is 0.224 e. The number of halogens is 2. The number of aryl methyl sites for hydroxylation is 1. The summed E-state index contributed by atoms with van der Waals surface area (Å²) in [5.41, 5.74) is 1.32. The number of hydrogen-bond acceptors (Lipinski definition) is 6. The Bertz CT molecular complexity index is 1070. The molecule has 4 rings (SSSR count). The van der Waals surface area contributed by atoms with Gasteiger partial charge in [-0.1, -0.05) is 0 Å². The van der Waals surface area contributed by atoms with Crippen LogP contribution in [0.2, 0.25) is 0 Å². The van der Waals surface area contributed by atoms with Crippen LogP contribution in [0.5, 0.6) is 0 Å². The summed E-state index contributed by atoms with van der Waals surface area (Å²) in [5, 5.41) is 7.05. The van der Waals surface area contributed by atoms with Gasteiger partial charge in [0.15, 0.2) is 0 Å². The van der Waals surface area contributed by atoms with Gasteiger partial charge in [0.1, 0.15) is 18.0 Å². The van der Waals surface area contributed by atoms with Gasteiger partial charge in [0, 0.05) is 42.5 Å². The molecule has 0 radical (unpaired) electrons. The Morgan fingerprint density at radius 3 is 2.71 bits per heavy atom. The highest BCUT2D eigenvalue weighted by Gasteiger charge is 2.37. The summed E-state index contributed by atoms with van der Waals surface area (Å²) in [7, 11) is -3.42. The Morgan fingerprint density at radius 2 is 2.03 bits per heavy atom. The van der Waals surface area contributed by atoms with Gasteiger partial charge < -0.3 is 15.2 Å². The molecule has 8 nitrogen and oxygen atoms in total. The second-order valence-corrected chi connectivity index (χ2v) is 11.3. The van der Waals surface area contributed by atoms with Crippen molar-refractivity contribution in [3.8, 4) is 0 Å². The summed E-state index contributed by atoms with van der Waals surface area (Å²) in [6.07, 6.45) is 1.24. The highest BCUT2D eigenvalue weighted by atomic mass is 32.2. The third-order valence-electron chi connectivity index (χ3n) is 6.30. The van der Waals surface area contributed by atoms with E-state index in [2.05, 4.69) is 34.4 Å². The Labute approximate surface area is 181 Å². The fourth-order valence-electron chi connectivity index (χ4n) is 4.62. The van der Waals surface area contributed by atoms with Gasteiger partial charge in [-0.05, 0) is 39.7 Å². The van der Waals surface area contributed by atoms with Gasteiger partial charge in [0.25, 0.3) is 0 Å². The van der Waals surface area contributed by atoms with Crippen molar-refractivity contribution in [1.29, 1.82) is 0 Å². The molecule has 11 heteroatoms. The van der Waals surface area contributed by atoms with E-state index in [4.69, 9.17) is 0 Å². The van der Waals surface area contributed by atoms with Gasteiger partial charge in [0.2, 0.25) is 16.0 Å². The molecule has 0 bridgehead atoms. The molecule has 2 saturated heterocycles. The van der Waals surface area contributed by atoms with Crippen LogP contribution in [0.4, 0.5) is 14.7 Å². The Morgan fingerprint density at radius 1 is 1.29 bits per heavy atom. The molecule has 2 aromatic rings. The number of rotatable bonds is 4. The summed E-state index contributed by atoms with van der Waals surface area (Å²) < 4.78 is 56.0. The van der Waals surface area contributed by atoms with Crippen LogP contribution in [0, 0.1) is 6.92 Å². The van der Waals surface area contributed by atoms with Gasteiger partial charge in [-0.15, -0.1) is 0 Å². The van der Waals surface area contributed by atoms with E-state index < -0.39 is 28.4 Å². The third kappa shape index (κ3) is 4.54. The summed E-state index contributed by atoms with van der Waals surface area (Å²) in [6.45, 7) is 6.35. The zero-order valence-electron chi connectivity index (χ0n) is 18.3. The molecule has 2 aliphatic heterocycles. The SMILES string of the molecule is Cc1cc2cnc(N[C@@H]3CCN(S(C)(=O)=O)C[C@H]3F)nc2n1[C@H]1CC(C)(C)NC[C@H]1F. The van der Waals surface area contributed by atoms with Crippen LogP contribution in [0.25, 0.3) is 11.0 Å². The van der Waals surface area contributed by atoms with Crippen LogP contribution >= 0.6 is 0 Å². The first-order valence-corrected chi connectivity index (χ1v) is 12.4. The minimum absolute atomic E-state index is 0.193. The van der Waals surface area contributed by atoms with Crippen LogP contribution in [0.3, 0.4) is 0 Å². The first kappa shape index (κ1) is 22.3. The summed E-state index contributed by atoms with van der Waals surface area (Å²) in [6, 6.07) is 0.985. The molecule has 31 heavy (non-hydrogen) atoms. The number of sulfonamides is 1. The number of anilines is 1. The van der Waals surface area contributed by atoms with E-state index in [-0.39, 0.29) is 37.2 Å². The number of aromatic nitrogens is 3. The first-order valence-electron chi connectivity index (χ1n) is 10.5. The fraction of sp³-hybridized carbons (Fsp3) is 0.700. The quantitative estimate of drug-likeness (QED) is 0.733. The van der Waals surface area contributed by atoms with Gasteiger partial charge in [-0.25, -0.2) is 22.2 Å². The molecule has 2 fully saturated rings. The summed E-state index contributed by atoms with van der Waals surface area (Å²) in [5.74, 6) is 0.260. The largest absolute Gasteiger partial charge is 0.348 e. The lowest BCUT2D eigenvalue weighted by molar-refractivity contribution is 0.124. The van der Waals surface area contributed by atoms with Crippen molar-refractivity contribution in [2.75, 3.05) is 31.2 Å². The van der Waals surface area contributed by atoms with Crippen molar-refractivity contribution in [3.05, 3.63) is 18.0 Å². The average molecular weight is 457 g/mol. The van der Waals surface area contributed by atoms with Gasteiger partial charge in [-0.2, -0.15) is 9.29 Å². The van der Waals surface area contributed by atoms with Crippen LogP contribution in [0.1, 0.15) is 38.4 Å². The Balaban J connectivity index is 1.59. The van der Waals surface area contributed by atoms with Gasteiger partial charge in [0.05, 0.1) is 18.3 Å².